The van der Waals surface area contributed by atoms with Gasteiger partial charge in [-0.3, -0.25) is 14.9 Å². The molecule has 0 aliphatic rings. The van der Waals surface area contributed by atoms with Crippen LogP contribution in [0.5, 0.6) is 11.5 Å². The molecule has 2 heterocycles. The van der Waals surface area contributed by atoms with Gasteiger partial charge in [-0.05, 0) is 24.6 Å². The highest BCUT2D eigenvalue weighted by atomic mass is 35.5. The lowest BCUT2D eigenvalue weighted by atomic mass is 10.1. The number of aromatic nitrogens is 3. The Balaban J connectivity index is 2.10. The average Bonchev–Trinajstić information content (AvgIpc) is 3.00. The van der Waals surface area contributed by atoms with E-state index in [1.54, 1.807) is 6.92 Å². The van der Waals surface area contributed by atoms with Crippen molar-refractivity contribution in [1.82, 2.24) is 14.6 Å². The molecule has 0 amide bonds. The van der Waals surface area contributed by atoms with E-state index < -0.39 is 16.4 Å². The van der Waals surface area contributed by atoms with Crippen LogP contribution in [0.15, 0.2) is 23.0 Å². The summed E-state index contributed by atoms with van der Waals surface area (Å²) >= 11 is 7.34. The Kier molecular flexibility index (Phi) is 4.62. The van der Waals surface area contributed by atoms with Crippen LogP contribution in [-0.2, 0) is 0 Å². The Morgan fingerprint density at radius 2 is 2.15 bits per heavy atom. The molecule has 0 spiro atoms. The summed E-state index contributed by atoms with van der Waals surface area (Å²) in [5.74, 6) is -0.996. The van der Waals surface area contributed by atoms with Crippen molar-refractivity contribution >= 4 is 44.7 Å². The van der Waals surface area contributed by atoms with Crippen LogP contribution in [0.4, 0.5) is 5.69 Å². The minimum absolute atomic E-state index is 0.132. The molecular weight excluding hydrogens is 384 g/mol. The van der Waals surface area contributed by atoms with Crippen molar-refractivity contribution in [2.45, 2.75) is 6.92 Å². The Hall–Kier alpha value is -2.98. The highest BCUT2D eigenvalue weighted by Crippen LogP contribution is 2.36. The first-order valence-corrected chi connectivity index (χ1v) is 8.28. The number of hydrogen-bond donors (Lipinski definition) is 0. The second-order valence-corrected chi connectivity index (χ2v) is 6.52. The van der Waals surface area contributed by atoms with Gasteiger partial charge in [0.2, 0.25) is 4.96 Å². The molecule has 0 aliphatic carbocycles. The van der Waals surface area contributed by atoms with Crippen LogP contribution in [0.1, 0.15) is 16.3 Å². The first kappa shape index (κ1) is 17.8. The Labute approximate surface area is 154 Å². The van der Waals surface area contributed by atoms with Crippen LogP contribution in [0.3, 0.4) is 0 Å². The standard InChI is InChI=1S/C15H11ClN4O5S/c1-7-3-12(21)19-15(17-7)26-14(18-19)9(16)4-8-5-10(20(23)24)13(22)11(6-8)25-2/h3-6,22H,1-2H3/p-1/b9-4-. The van der Waals surface area contributed by atoms with E-state index in [4.69, 9.17) is 16.3 Å². The molecule has 134 valence electrons. The topological polar surface area (TPSA) is 123 Å². The SMILES string of the molecule is COc1cc(/C=C(\Cl)c2nn3c(=O)cc(C)nc3s2)cc([N+](=O)[O-])c1[O-]. The summed E-state index contributed by atoms with van der Waals surface area (Å²) in [5, 5.41) is 27.4. The van der Waals surface area contributed by atoms with Crippen molar-refractivity contribution in [2.24, 2.45) is 0 Å². The van der Waals surface area contributed by atoms with Gasteiger partial charge < -0.3 is 9.84 Å². The van der Waals surface area contributed by atoms with Gasteiger partial charge in [-0.2, -0.15) is 9.61 Å². The molecule has 0 N–H and O–H groups in total. The van der Waals surface area contributed by atoms with E-state index in [1.807, 2.05) is 0 Å². The highest BCUT2D eigenvalue weighted by molar-refractivity contribution is 7.18. The maximum atomic E-state index is 11.9. The number of rotatable bonds is 4. The third kappa shape index (κ3) is 3.24. The monoisotopic (exact) mass is 393 g/mol. The van der Waals surface area contributed by atoms with Gasteiger partial charge in [-0.25, -0.2) is 4.98 Å². The number of fused-ring (bicyclic) bond motifs is 1. The molecule has 3 rings (SSSR count). The second kappa shape index (κ2) is 6.73. The largest absolute Gasteiger partial charge is 0.865 e. The molecule has 0 fully saturated rings. The molecule has 3 aromatic rings. The number of nitro benzene ring substituents is 1. The van der Waals surface area contributed by atoms with Gasteiger partial charge in [0.05, 0.1) is 17.1 Å². The van der Waals surface area contributed by atoms with Crippen molar-refractivity contribution in [1.29, 1.82) is 0 Å². The lowest BCUT2D eigenvalue weighted by molar-refractivity contribution is -0.398. The third-order valence-electron chi connectivity index (χ3n) is 3.34. The first-order valence-electron chi connectivity index (χ1n) is 7.08. The van der Waals surface area contributed by atoms with Crippen molar-refractivity contribution < 1.29 is 14.8 Å². The zero-order chi connectivity index (χ0) is 19.0. The quantitative estimate of drug-likeness (QED) is 0.491. The van der Waals surface area contributed by atoms with Crippen LogP contribution in [-0.4, -0.2) is 26.6 Å². The van der Waals surface area contributed by atoms with Crippen LogP contribution < -0.4 is 15.4 Å². The molecule has 0 aliphatic heterocycles. The number of aryl methyl sites for hydroxylation is 1. The van der Waals surface area contributed by atoms with E-state index in [0.29, 0.717) is 15.7 Å². The third-order valence-corrected chi connectivity index (χ3v) is 4.69. The van der Waals surface area contributed by atoms with E-state index in [-0.39, 0.29) is 21.9 Å². The zero-order valence-corrected chi connectivity index (χ0v) is 15.0. The van der Waals surface area contributed by atoms with Gasteiger partial charge >= 0.3 is 0 Å². The Morgan fingerprint density at radius 3 is 2.81 bits per heavy atom. The van der Waals surface area contributed by atoms with E-state index in [2.05, 4.69) is 10.1 Å². The van der Waals surface area contributed by atoms with E-state index >= 15 is 0 Å². The molecule has 11 heteroatoms. The number of ether oxygens (including phenoxy) is 1. The number of halogens is 1. The Bertz CT molecular complexity index is 1120. The van der Waals surface area contributed by atoms with E-state index in [9.17, 15) is 20.0 Å². The molecule has 0 saturated heterocycles. The predicted octanol–water partition coefficient (Wildman–Crippen LogP) is 2.19. The molecule has 1 aromatic carbocycles. The fourth-order valence-electron chi connectivity index (χ4n) is 2.20. The van der Waals surface area contributed by atoms with E-state index in [0.717, 1.165) is 21.9 Å². The van der Waals surface area contributed by atoms with Crippen molar-refractivity contribution in [3.8, 4) is 11.5 Å². The minimum Gasteiger partial charge on any atom is -0.865 e. The van der Waals surface area contributed by atoms with Gasteiger partial charge in [0.1, 0.15) is 5.75 Å². The Morgan fingerprint density at radius 1 is 1.42 bits per heavy atom. The van der Waals surface area contributed by atoms with Gasteiger partial charge in [0.15, 0.2) is 5.01 Å². The molecule has 2 aromatic heterocycles. The summed E-state index contributed by atoms with van der Waals surface area (Å²) in [7, 11) is 1.24. The van der Waals surface area contributed by atoms with Crippen LogP contribution in [0.25, 0.3) is 16.1 Å². The first-order chi connectivity index (χ1) is 12.3. The normalized spacial score (nSPS) is 11.7. The van der Waals surface area contributed by atoms with Gasteiger partial charge in [-0.1, -0.05) is 22.9 Å². The number of hydrogen-bond acceptors (Lipinski definition) is 8. The minimum atomic E-state index is -0.822. The number of benzene rings is 1. The maximum absolute atomic E-state index is 11.9. The second-order valence-electron chi connectivity index (χ2n) is 5.16. The maximum Gasteiger partial charge on any atom is 0.275 e. The fraction of sp³-hybridized carbons (Fsp3) is 0.133. The van der Waals surface area contributed by atoms with Crippen LogP contribution >= 0.6 is 22.9 Å². The number of methoxy groups -OCH3 is 1. The summed E-state index contributed by atoms with van der Waals surface area (Å²) < 4.78 is 6.00. The van der Waals surface area contributed by atoms with Crippen molar-refractivity contribution in [3.05, 3.63) is 54.9 Å². The van der Waals surface area contributed by atoms with Crippen LogP contribution in [0, 0.1) is 17.0 Å². The average molecular weight is 394 g/mol. The lowest BCUT2D eigenvalue weighted by Gasteiger charge is -2.13. The summed E-state index contributed by atoms with van der Waals surface area (Å²) in [5.41, 5.74) is -0.129. The summed E-state index contributed by atoms with van der Waals surface area (Å²) in [6.45, 7) is 1.69. The zero-order valence-electron chi connectivity index (χ0n) is 13.4. The molecular formula is C15H10ClN4O5S-. The van der Waals surface area contributed by atoms with Gasteiger partial charge in [-0.15, -0.1) is 0 Å². The van der Waals surface area contributed by atoms with Crippen LogP contribution in [0.2, 0.25) is 0 Å². The van der Waals surface area contributed by atoms with Gasteiger partial charge in [0.25, 0.3) is 11.2 Å². The van der Waals surface area contributed by atoms with Gasteiger partial charge in [0, 0.05) is 23.6 Å². The smallest absolute Gasteiger partial charge is 0.275 e. The molecule has 0 unspecified atom stereocenters. The lowest BCUT2D eigenvalue weighted by Crippen LogP contribution is -2.14. The summed E-state index contributed by atoms with van der Waals surface area (Å²) in [6, 6.07) is 3.77. The van der Waals surface area contributed by atoms with Crippen molar-refractivity contribution in [3.63, 3.8) is 0 Å². The van der Waals surface area contributed by atoms with E-state index in [1.165, 1.54) is 25.3 Å². The number of nitro groups is 1. The number of nitrogens with zero attached hydrogens (tertiary/aromatic N) is 4. The molecule has 0 saturated carbocycles. The molecule has 9 nitrogen and oxygen atoms in total. The highest BCUT2D eigenvalue weighted by Gasteiger charge is 2.15. The molecule has 26 heavy (non-hydrogen) atoms. The molecule has 0 bridgehead atoms. The van der Waals surface area contributed by atoms with Crippen molar-refractivity contribution in [2.75, 3.05) is 7.11 Å². The predicted molar refractivity (Wildman–Crippen MR) is 94.7 cm³/mol. The molecule has 0 atom stereocenters. The summed E-state index contributed by atoms with van der Waals surface area (Å²) in [4.78, 5) is 26.7. The summed E-state index contributed by atoms with van der Waals surface area (Å²) in [6.07, 6.45) is 1.39. The molecule has 0 radical (unpaired) electrons. The fourth-order valence-corrected chi connectivity index (χ4v) is 3.34.